The molecule has 0 saturated carbocycles. The van der Waals surface area contributed by atoms with E-state index < -0.39 is 0 Å². The third-order valence-corrected chi connectivity index (χ3v) is 3.42. The smallest absolute Gasteiger partial charge is 0.237 e. The van der Waals surface area contributed by atoms with Crippen LogP contribution in [0.4, 0.5) is 0 Å². The van der Waals surface area contributed by atoms with Gasteiger partial charge < -0.3 is 15.7 Å². The Labute approximate surface area is 104 Å². The monoisotopic (exact) mass is 242 g/mol. The van der Waals surface area contributed by atoms with Crippen molar-refractivity contribution in [2.24, 2.45) is 5.92 Å². The highest BCUT2D eigenvalue weighted by molar-refractivity contribution is 5.81. The van der Waals surface area contributed by atoms with Crippen molar-refractivity contribution in [2.75, 3.05) is 19.7 Å². The second kappa shape index (κ2) is 8.48. The normalized spacial score (nSPS) is 22.9. The van der Waals surface area contributed by atoms with Gasteiger partial charge in [0.15, 0.2) is 0 Å². The number of nitrogens with one attached hydrogen (secondary N) is 2. The van der Waals surface area contributed by atoms with Crippen molar-refractivity contribution in [3.05, 3.63) is 0 Å². The molecule has 2 atom stereocenters. The van der Waals surface area contributed by atoms with E-state index in [9.17, 15) is 4.79 Å². The van der Waals surface area contributed by atoms with Crippen molar-refractivity contribution < 1.29 is 9.90 Å². The average molecular weight is 242 g/mol. The molecule has 0 aromatic rings. The minimum atomic E-state index is -0.0319. The molecule has 1 saturated heterocycles. The van der Waals surface area contributed by atoms with E-state index in [1.165, 1.54) is 0 Å². The van der Waals surface area contributed by atoms with Gasteiger partial charge >= 0.3 is 0 Å². The molecule has 0 aromatic heterocycles. The van der Waals surface area contributed by atoms with E-state index in [-0.39, 0.29) is 18.6 Å². The van der Waals surface area contributed by atoms with Crippen LogP contribution in [0.1, 0.15) is 45.4 Å². The van der Waals surface area contributed by atoms with Crippen molar-refractivity contribution >= 4 is 5.91 Å². The number of hydrogen-bond acceptors (Lipinski definition) is 3. The molecule has 1 aliphatic heterocycles. The summed E-state index contributed by atoms with van der Waals surface area (Å²) >= 11 is 0. The highest BCUT2D eigenvalue weighted by Crippen LogP contribution is 2.11. The van der Waals surface area contributed by atoms with Crippen LogP contribution in [-0.2, 0) is 4.79 Å². The van der Waals surface area contributed by atoms with E-state index in [1.54, 1.807) is 0 Å². The first-order chi connectivity index (χ1) is 8.27. The van der Waals surface area contributed by atoms with E-state index in [0.29, 0.717) is 5.92 Å². The lowest BCUT2D eigenvalue weighted by atomic mass is 9.99. The molecule has 4 nitrogen and oxygen atoms in total. The van der Waals surface area contributed by atoms with Crippen LogP contribution in [0, 0.1) is 5.92 Å². The Morgan fingerprint density at radius 3 is 3.00 bits per heavy atom. The summed E-state index contributed by atoms with van der Waals surface area (Å²) in [7, 11) is 0. The summed E-state index contributed by atoms with van der Waals surface area (Å²) < 4.78 is 0. The summed E-state index contributed by atoms with van der Waals surface area (Å²) in [6.45, 7) is 4.05. The predicted octanol–water partition coefficient (Wildman–Crippen LogP) is 1.04. The van der Waals surface area contributed by atoms with Crippen LogP contribution in [-0.4, -0.2) is 36.8 Å². The van der Waals surface area contributed by atoms with Crippen LogP contribution in [0.3, 0.4) is 0 Å². The zero-order chi connectivity index (χ0) is 12.5. The molecule has 1 amide bonds. The summed E-state index contributed by atoms with van der Waals surface area (Å²) in [6, 6.07) is -0.0319. The standard InChI is InChI=1S/C13H26N2O2/c1-2-5-11(7-9-16)10-15-12-6-3-4-8-14-13(12)17/h11-12,15-16H,2-10H2,1H3,(H,14,17). The molecule has 0 bridgehead atoms. The number of amides is 1. The van der Waals surface area contributed by atoms with Gasteiger partial charge in [-0.1, -0.05) is 13.3 Å². The van der Waals surface area contributed by atoms with Gasteiger partial charge in [0.1, 0.15) is 0 Å². The first-order valence-electron chi connectivity index (χ1n) is 6.89. The molecule has 100 valence electrons. The van der Waals surface area contributed by atoms with Crippen molar-refractivity contribution in [2.45, 2.75) is 51.5 Å². The van der Waals surface area contributed by atoms with Gasteiger partial charge in [-0.05, 0) is 44.6 Å². The van der Waals surface area contributed by atoms with Gasteiger partial charge in [-0.15, -0.1) is 0 Å². The molecule has 0 radical (unpaired) electrons. The van der Waals surface area contributed by atoms with Crippen molar-refractivity contribution in [3.8, 4) is 0 Å². The molecule has 1 aliphatic rings. The Balaban J connectivity index is 2.32. The second-order valence-electron chi connectivity index (χ2n) is 4.91. The maximum Gasteiger partial charge on any atom is 0.237 e. The van der Waals surface area contributed by atoms with Gasteiger partial charge in [-0.25, -0.2) is 0 Å². The predicted molar refractivity (Wildman–Crippen MR) is 68.8 cm³/mol. The Morgan fingerprint density at radius 2 is 2.29 bits per heavy atom. The molecule has 17 heavy (non-hydrogen) atoms. The number of carbonyl (C=O) groups excluding carboxylic acids is 1. The van der Waals surface area contributed by atoms with Crippen LogP contribution < -0.4 is 10.6 Å². The quantitative estimate of drug-likeness (QED) is 0.625. The maximum absolute atomic E-state index is 11.7. The lowest BCUT2D eigenvalue weighted by molar-refractivity contribution is -0.122. The third kappa shape index (κ3) is 5.50. The van der Waals surface area contributed by atoms with Crippen LogP contribution in [0.2, 0.25) is 0 Å². The maximum atomic E-state index is 11.7. The molecule has 1 rings (SSSR count). The molecule has 0 aliphatic carbocycles. The minimum Gasteiger partial charge on any atom is -0.396 e. The van der Waals surface area contributed by atoms with E-state index in [2.05, 4.69) is 17.6 Å². The van der Waals surface area contributed by atoms with Crippen molar-refractivity contribution in [1.82, 2.24) is 10.6 Å². The fourth-order valence-electron chi connectivity index (χ4n) is 2.38. The van der Waals surface area contributed by atoms with Crippen LogP contribution >= 0.6 is 0 Å². The van der Waals surface area contributed by atoms with E-state index in [0.717, 1.165) is 51.6 Å². The van der Waals surface area contributed by atoms with E-state index in [1.807, 2.05) is 0 Å². The van der Waals surface area contributed by atoms with Gasteiger partial charge in [-0.3, -0.25) is 4.79 Å². The summed E-state index contributed by atoms with van der Waals surface area (Å²) in [4.78, 5) is 11.7. The zero-order valence-corrected chi connectivity index (χ0v) is 10.9. The third-order valence-electron chi connectivity index (χ3n) is 3.42. The van der Waals surface area contributed by atoms with Gasteiger partial charge in [0.2, 0.25) is 5.91 Å². The number of aliphatic hydroxyl groups is 1. The van der Waals surface area contributed by atoms with E-state index >= 15 is 0 Å². The summed E-state index contributed by atoms with van der Waals surface area (Å²) in [5, 5.41) is 15.3. The molecular weight excluding hydrogens is 216 g/mol. The highest BCUT2D eigenvalue weighted by Gasteiger charge is 2.20. The topological polar surface area (TPSA) is 61.4 Å². The van der Waals surface area contributed by atoms with Crippen molar-refractivity contribution in [1.29, 1.82) is 0 Å². The minimum absolute atomic E-state index is 0.0319. The number of aliphatic hydroxyl groups excluding tert-OH is 1. The molecular formula is C13H26N2O2. The largest absolute Gasteiger partial charge is 0.396 e. The van der Waals surface area contributed by atoms with Gasteiger partial charge in [0.05, 0.1) is 6.04 Å². The zero-order valence-electron chi connectivity index (χ0n) is 10.9. The second-order valence-corrected chi connectivity index (χ2v) is 4.91. The van der Waals surface area contributed by atoms with Gasteiger partial charge in [0.25, 0.3) is 0 Å². The van der Waals surface area contributed by atoms with E-state index in [4.69, 9.17) is 5.11 Å². The molecule has 0 spiro atoms. The van der Waals surface area contributed by atoms with Gasteiger partial charge in [0, 0.05) is 13.2 Å². The molecule has 4 heteroatoms. The Bertz CT molecular complexity index is 215. The first kappa shape index (κ1) is 14.5. The number of rotatable bonds is 7. The fourth-order valence-corrected chi connectivity index (χ4v) is 2.38. The summed E-state index contributed by atoms with van der Waals surface area (Å²) in [5.74, 6) is 0.628. The molecule has 3 N–H and O–H groups in total. The molecule has 0 aromatic carbocycles. The van der Waals surface area contributed by atoms with Crippen LogP contribution in [0.25, 0.3) is 0 Å². The van der Waals surface area contributed by atoms with Crippen molar-refractivity contribution in [3.63, 3.8) is 0 Å². The number of carbonyl (C=O) groups is 1. The molecule has 1 fully saturated rings. The lowest BCUT2D eigenvalue weighted by Crippen LogP contribution is -2.44. The SMILES string of the molecule is CCCC(CCO)CNC1CCCCNC1=O. The lowest BCUT2D eigenvalue weighted by Gasteiger charge is -2.20. The Hall–Kier alpha value is -0.610. The first-order valence-corrected chi connectivity index (χ1v) is 6.89. The average Bonchev–Trinajstić information content (AvgIpc) is 2.52. The Morgan fingerprint density at radius 1 is 1.47 bits per heavy atom. The summed E-state index contributed by atoms with van der Waals surface area (Å²) in [5.41, 5.74) is 0. The van der Waals surface area contributed by atoms with Crippen LogP contribution in [0.5, 0.6) is 0 Å². The molecule has 2 unspecified atom stereocenters. The fraction of sp³-hybridized carbons (Fsp3) is 0.923. The van der Waals surface area contributed by atoms with Gasteiger partial charge in [-0.2, -0.15) is 0 Å². The summed E-state index contributed by atoms with van der Waals surface area (Å²) in [6.07, 6.45) is 6.19. The van der Waals surface area contributed by atoms with Crippen LogP contribution in [0.15, 0.2) is 0 Å². The highest BCUT2D eigenvalue weighted by atomic mass is 16.3. The molecule has 1 heterocycles. The number of hydrogen-bond donors (Lipinski definition) is 3. The Kier molecular flexibility index (Phi) is 7.21.